The number of hydrogen-bond acceptors (Lipinski definition) is 6. The number of rotatable bonds is 3. The van der Waals surface area contributed by atoms with Crippen LogP contribution in [0.15, 0.2) is 70.8 Å². The molecular formula is C32H27NO7. The van der Waals surface area contributed by atoms with E-state index in [2.05, 4.69) is 0 Å². The summed E-state index contributed by atoms with van der Waals surface area (Å²) in [6, 6.07) is 9.36. The highest BCUT2D eigenvalue weighted by atomic mass is 16.4. The lowest BCUT2D eigenvalue weighted by molar-refractivity contribution is -0.123. The van der Waals surface area contributed by atoms with Crippen molar-refractivity contribution in [2.45, 2.75) is 39.5 Å². The number of aryl methyl sites for hydroxylation is 2. The summed E-state index contributed by atoms with van der Waals surface area (Å²) in [6.07, 6.45) is 3.74. The van der Waals surface area contributed by atoms with Gasteiger partial charge in [0, 0.05) is 22.6 Å². The molecule has 0 bridgehead atoms. The highest BCUT2D eigenvalue weighted by Gasteiger charge is 2.56. The molecule has 1 fully saturated rings. The number of allylic oxidation sites excluding steroid dienone is 6. The van der Waals surface area contributed by atoms with Crippen molar-refractivity contribution in [2.24, 2.45) is 17.8 Å². The molecule has 4 aliphatic rings. The van der Waals surface area contributed by atoms with Crippen molar-refractivity contribution in [1.29, 1.82) is 0 Å². The average molecular weight is 538 g/mol. The molecule has 2 aromatic rings. The maximum absolute atomic E-state index is 14.0. The van der Waals surface area contributed by atoms with Crippen LogP contribution in [0.4, 0.5) is 5.69 Å². The molecule has 202 valence electrons. The van der Waals surface area contributed by atoms with E-state index in [1.54, 1.807) is 32.9 Å². The number of aromatic carboxylic acids is 1. The summed E-state index contributed by atoms with van der Waals surface area (Å²) in [4.78, 5) is 67.0. The zero-order valence-electron chi connectivity index (χ0n) is 22.2. The van der Waals surface area contributed by atoms with Crippen LogP contribution in [0.2, 0.25) is 0 Å². The number of aromatic hydroxyl groups is 1. The molecule has 1 saturated heterocycles. The number of anilines is 1. The number of carboxylic acids is 1. The molecule has 2 aromatic carbocycles. The monoisotopic (exact) mass is 537 g/mol. The van der Waals surface area contributed by atoms with Gasteiger partial charge in [0.05, 0.1) is 23.1 Å². The minimum absolute atomic E-state index is 0.0361. The van der Waals surface area contributed by atoms with Gasteiger partial charge in [0.15, 0.2) is 11.6 Å². The van der Waals surface area contributed by atoms with Gasteiger partial charge in [-0.2, -0.15) is 0 Å². The Morgan fingerprint density at radius 1 is 0.950 bits per heavy atom. The van der Waals surface area contributed by atoms with Gasteiger partial charge in [0.25, 0.3) is 0 Å². The fourth-order valence-electron chi connectivity index (χ4n) is 6.95. The van der Waals surface area contributed by atoms with Gasteiger partial charge in [-0.05, 0) is 80.5 Å². The number of phenolic OH excluding ortho intramolecular Hbond substituents is 1. The molecule has 4 unspecified atom stereocenters. The molecule has 1 heterocycles. The number of nitrogens with zero attached hydrogens (tertiary/aromatic N) is 1. The first-order valence-electron chi connectivity index (χ1n) is 13.2. The van der Waals surface area contributed by atoms with E-state index in [4.69, 9.17) is 0 Å². The molecule has 8 heteroatoms. The fraction of sp³-hybridized carbons (Fsp3) is 0.281. The molecule has 6 rings (SSSR count). The Labute approximate surface area is 230 Å². The number of ketones is 2. The first-order chi connectivity index (χ1) is 19.0. The number of imide groups is 1. The lowest BCUT2D eigenvalue weighted by atomic mass is 9.59. The molecule has 40 heavy (non-hydrogen) atoms. The Morgan fingerprint density at radius 3 is 2.33 bits per heavy atom. The number of carbonyl (C=O) groups is 5. The van der Waals surface area contributed by atoms with Crippen LogP contribution >= 0.6 is 0 Å². The minimum atomic E-state index is -1.17. The van der Waals surface area contributed by atoms with Gasteiger partial charge < -0.3 is 10.2 Å². The van der Waals surface area contributed by atoms with Crippen molar-refractivity contribution in [1.82, 2.24) is 0 Å². The van der Waals surface area contributed by atoms with Crippen LogP contribution in [0.25, 0.3) is 0 Å². The smallest absolute Gasteiger partial charge is 0.335 e. The van der Waals surface area contributed by atoms with Gasteiger partial charge in [0.1, 0.15) is 5.75 Å². The van der Waals surface area contributed by atoms with Crippen molar-refractivity contribution in [3.63, 3.8) is 0 Å². The first-order valence-corrected chi connectivity index (χ1v) is 13.2. The second-order valence-corrected chi connectivity index (χ2v) is 11.1. The third-order valence-corrected chi connectivity index (χ3v) is 8.76. The Morgan fingerprint density at radius 2 is 1.65 bits per heavy atom. The first kappa shape index (κ1) is 25.7. The Kier molecular flexibility index (Phi) is 5.76. The van der Waals surface area contributed by atoms with E-state index >= 15 is 0 Å². The van der Waals surface area contributed by atoms with Crippen LogP contribution in [-0.4, -0.2) is 39.6 Å². The molecule has 8 nitrogen and oxygen atoms in total. The van der Waals surface area contributed by atoms with Crippen molar-refractivity contribution in [3.8, 4) is 5.75 Å². The number of phenols is 1. The van der Waals surface area contributed by atoms with E-state index in [0.29, 0.717) is 27.8 Å². The Bertz CT molecular complexity index is 1650. The minimum Gasteiger partial charge on any atom is -0.507 e. The molecule has 0 saturated carbocycles. The Hall–Kier alpha value is -4.59. The molecule has 4 atom stereocenters. The summed E-state index contributed by atoms with van der Waals surface area (Å²) in [5.41, 5.74) is 4.08. The van der Waals surface area contributed by atoms with E-state index in [-0.39, 0.29) is 41.4 Å². The lowest BCUT2D eigenvalue weighted by Crippen LogP contribution is -2.39. The van der Waals surface area contributed by atoms with E-state index in [9.17, 15) is 34.2 Å². The molecule has 2 amide bonds. The van der Waals surface area contributed by atoms with Crippen LogP contribution in [-0.2, 0) is 19.2 Å². The average Bonchev–Trinajstić information content (AvgIpc) is 3.18. The summed E-state index contributed by atoms with van der Waals surface area (Å²) < 4.78 is 0. The topological polar surface area (TPSA) is 129 Å². The van der Waals surface area contributed by atoms with Gasteiger partial charge in [-0.3, -0.25) is 24.1 Å². The fourth-order valence-corrected chi connectivity index (χ4v) is 6.95. The quantitative estimate of drug-likeness (QED) is 0.339. The Balaban J connectivity index is 1.49. The standard InChI is InChI=1S/C32H27NO7/c1-14-9-18(10-15(2)28(14)35)25-20-7-8-21-26(22(20)13-23-27(25)24(34)11-16(3)29(23)36)31(38)33(30(21)37)19-6-4-5-17(12-19)32(39)40/h4-7,9-12,21-22,25-26,35H,8,13H2,1-3H3,(H,39,40). The van der Waals surface area contributed by atoms with E-state index < -0.39 is 41.5 Å². The second kappa shape index (κ2) is 8.98. The second-order valence-electron chi connectivity index (χ2n) is 11.1. The van der Waals surface area contributed by atoms with Crippen molar-refractivity contribution < 1.29 is 34.2 Å². The SMILES string of the molecule is CC1=CC(=O)C2=C(CC3C(=CCC4C(=O)N(c5cccc(C(=O)O)c5)C(=O)C43)C2c2cc(C)c(O)c(C)c2)C1=O. The zero-order valence-corrected chi connectivity index (χ0v) is 22.2. The number of carboxylic acid groups (broad SMARTS) is 1. The molecule has 0 aromatic heterocycles. The largest absolute Gasteiger partial charge is 0.507 e. The van der Waals surface area contributed by atoms with Gasteiger partial charge in [0.2, 0.25) is 11.8 Å². The predicted molar refractivity (Wildman–Crippen MR) is 145 cm³/mol. The highest BCUT2D eigenvalue weighted by Crippen LogP contribution is 2.55. The predicted octanol–water partition coefficient (Wildman–Crippen LogP) is 4.34. The van der Waals surface area contributed by atoms with Crippen molar-refractivity contribution in [3.05, 3.63) is 93.1 Å². The summed E-state index contributed by atoms with van der Waals surface area (Å²) in [5.74, 6) is -4.85. The summed E-state index contributed by atoms with van der Waals surface area (Å²) in [7, 11) is 0. The van der Waals surface area contributed by atoms with Crippen molar-refractivity contribution in [2.75, 3.05) is 4.90 Å². The van der Waals surface area contributed by atoms with Crippen LogP contribution in [0.5, 0.6) is 5.75 Å². The van der Waals surface area contributed by atoms with Crippen LogP contribution in [0, 0.1) is 31.6 Å². The summed E-state index contributed by atoms with van der Waals surface area (Å²) >= 11 is 0. The maximum Gasteiger partial charge on any atom is 0.335 e. The van der Waals surface area contributed by atoms with Gasteiger partial charge in [-0.1, -0.05) is 29.8 Å². The number of fused-ring (bicyclic) bond motifs is 3. The molecule has 1 aliphatic heterocycles. The van der Waals surface area contributed by atoms with Gasteiger partial charge >= 0.3 is 5.97 Å². The van der Waals surface area contributed by atoms with Crippen molar-refractivity contribution >= 4 is 35.0 Å². The number of benzene rings is 2. The molecular weight excluding hydrogens is 510 g/mol. The van der Waals surface area contributed by atoms with Crippen LogP contribution < -0.4 is 4.90 Å². The summed E-state index contributed by atoms with van der Waals surface area (Å²) in [5, 5.41) is 19.9. The van der Waals surface area contributed by atoms with Crippen LogP contribution in [0.1, 0.15) is 52.7 Å². The van der Waals surface area contributed by atoms with E-state index in [1.165, 1.54) is 30.3 Å². The molecule has 0 spiro atoms. The van der Waals surface area contributed by atoms with E-state index in [1.807, 2.05) is 6.08 Å². The van der Waals surface area contributed by atoms with Crippen LogP contribution in [0.3, 0.4) is 0 Å². The zero-order chi connectivity index (χ0) is 28.6. The number of amides is 2. The van der Waals surface area contributed by atoms with E-state index in [0.717, 1.165) is 16.0 Å². The maximum atomic E-state index is 14.0. The normalized spacial score (nSPS) is 25.8. The molecule has 3 aliphatic carbocycles. The summed E-state index contributed by atoms with van der Waals surface area (Å²) in [6.45, 7) is 5.14. The third kappa shape index (κ3) is 3.62. The lowest BCUT2D eigenvalue weighted by Gasteiger charge is -2.42. The number of carbonyl (C=O) groups excluding carboxylic acids is 4. The third-order valence-electron chi connectivity index (χ3n) is 8.76. The highest BCUT2D eigenvalue weighted by molar-refractivity contribution is 6.25. The van der Waals surface area contributed by atoms with Gasteiger partial charge in [-0.15, -0.1) is 0 Å². The molecule has 0 radical (unpaired) electrons. The molecule has 2 N–H and O–H groups in total. The van der Waals surface area contributed by atoms with Gasteiger partial charge in [-0.25, -0.2) is 4.79 Å². The number of hydrogen-bond donors (Lipinski definition) is 2. The number of Topliss-reactive ketones (excluding diaryl/α,β-unsaturated/α-hetero) is 1.